The lowest BCUT2D eigenvalue weighted by atomic mass is 9.82. The number of aromatic nitrogens is 1. The summed E-state index contributed by atoms with van der Waals surface area (Å²) in [5.74, 6) is -4.61. The van der Waals surface area contributed by atoms with E-state index in [2.05, 4.69) is 46.2 Å². The third-order valence-corrected chi connectivity index (χ3v) is 15.7. The van der Waals surface area contributed by atoms with Crippen molar-refractivity contribution in [3.8, 4) is 11.1 Å². The fourth-order valence-electron chi connectivity index (χ4n) is 9.30. The molecule has 2 heterocycles. The Morgan fingerprint density at radius 3 is 1.92 bits per heavy atom. The molecule has 0 bridgehead atoms. The molecule has 0 saturated carbocycles. The molecule has 5 N–H and O–H groups in total. The van der Waals surface area contributed by atoms with E-state index in [1.54, 1.807) is 55.3 Å². The van der Waals surface area contributed by atoms with Crippen LogP contribution in [0.5, 0.6) is 0 Å². The molecule has 1 aromatic heterocycles. The Kier molecular flexibility index (Phi) is 28.6. The van der Waals surface area contributed by atoms with Crippen molar-refractivity contribution >= 4 is 61.2 Å². The molecule has 4 aromatic rings. The standard InChI is InChI=1S/C64H88F2N8O13Si/c1-44(2)58(71-55(76)25-30-83-32-34-85-36-37-86-35-33-84-31-27-67-54(75)24-29-73-56(77)22-23-57(73)78)61(80)69-45(3)60(79)70-50-19-16-47(17-20-50)62(81)74(28-13-26-68-63(82)87-38-39-88(7,8)9)59(64(4,5)6)53-40-48(51-41-49(65)18-21-52(51)66)43-72(53)42-46-14-11-10-12-15-46/h10-12,14-23,40-41,43-45,58-59H,13,24-39,42H2,1-9H3,(H,67,75)(H,68,82)(H,69,80)(H,70,79)(H,71,76)/t45-,58-,59-/m0/s1. The Bertz CT molecular complexity index is 2970. The minimum atomic E-state index is -1.45. The zero-order valence-electron chi connectivity index (χ0n) is 52.2. The van der Waals surface area contributed by atoms with E-state index < -0.39 is 78.9 Å². The molecule has 8 amide bonds. The molecule has 24 heteroatoms. The first-order valence-corrected chi connectivity index (χ1v) is 33.5. The van der Waals surface area contributed by atoms with Crippen LogP contribution in [-0.2, 0) is 59.0 Å². The zero-order valence-corrected chi connectivity index (χ0v) is 53.2. The van der Waals surface area contributed by atoms with E-state index in [0.717, 1.165) is 34.7 Å². The van der Waals surface area contributed by atoms with Crippen molar-refractivity contribution in [3.63, 3.8) is 0 Å². The number of alkyl carbamates (subject to hydrolysis) is 1. The van der Waals surface area contributed by atoms with Crippen LogP contribution in [0, 0.1) is 23.0 Å². The number of nitrogens with zero attached hydrogens (tertiary/aromatic N) is 3. The number of halogens is 2. The highest BCUT2D eigenvalue weighted by atomic mass is 28.3. The van der Waals surface area contributed by atoms with E-state index in [1.165, 1.54) is 19.1 Å². The van der Waals surface area contributed by atoms with Crippen LogP contribution in [0.15, 0.2) is 97.2 Å². The maximum absolute atomic E-state index is 15.5. The Morgan fingerprint density at radius 2 is 1.31 bits per heavy atom. The molecular weight excluding hydrogens is 1150 g/mol. The van der Waals surface area contributed by atoms with Gasteiger partial charge in [0.05, 0.1) is 65.5 Å². The van der Waals surface area contributed by atoms with Crippen molar-refractivity contribution in [3.05, 3.63) is 126 Å². The molecule has 1 aliphatic heterocycles. The highest BCUT2D eigenvalue weighted by Gasteiger charge is 2.38. The molecule has 3 aromatic carbocycles. The molecule has 5 rings (SSSR count). The summed E-state index contributed by atoms with van der Waals surface area (Å²) in [4.78, 5) is 106. The smallest absolute Gasteiger partial charge is 0.407 e. The fraction of sp³-hybridized carbons (Fsp3) is 0.500. The fourth-order valence-corrected chi connectivity index (χ4v) is 10.0. The molecule has 21 nitrogen and oxygen atoms in total. The first-order valence-electron chi connectivity index (χ1n) is 29.8. The third-order valence-electron chi connectivity index (χ3n) is 14.0. The topological polar surface area (TPSA) is 254 Å². The van der Waals surface area contributed by atoms with Gasteiger partial charge in [0.25, 0.3) is 17.7 Å². The predicted octanol–water partition coefficient (Wildman–Crippen LogP) is 7.64. The molecule has 88 heavy (non-hydrogen) atoms. The van der Waals surface area contributed by atoms with Gasteiger partial charge >= 0.3 is 6.09 Å². The van der Waals surface area contributed by atoms with Crippen LogP contribution in [0.3, 0.4) is 0 Å². The van der Waals surface area contributed by atoms with Crippen molar-refractivity contribution in [1.29, 1.82) is 0 Å². The van der Waals surface area contributed by atoms with E-state index in [1.807, 2.05) is 55.7 Å². The number of carbonyl (C=O) groups excluding carboxylic acids is 8. The molecule has 480 valence electrons. The average Bonchev–Trinajstić information content (AvgIpc) is 2.47. The number of amides is 8. The summed E-state index contributed by atoms with van der Waals surface area (Å²) in [6.07, 6.45) is 3.86. The van der Waals surface area contributed by atoms with Crippen LogP contribution < -0.4 is 26.6 Å². The van der Waals surface area contributed by atoms with Crippen LogP contribution in [0.4, 0.5) is 19.3 Å². The quantitative estimate of drug-likeness (QED) is 0.0166. The van der Waals surface area contributed by atoms with Gasteiger partial charge in [0.1, 0.15) is 23.7 Å². The Labute approximate surface area is 515 Å². The van der Waals surface area contributed by atoms with E-state index in [0.29, 0.717) is 62.9 Å². The minimum absolute atomic E-state index is 0.000994. The van der Waals surface area contributed by atoms with Gasteiger partial charge in [0, 0.05) is 100 Å². The Morgan fingerprint density at radius 1 is 0.682 bits per heavy atom. The minimum Gasteiger partial charge on any atom is -0.450 e. The molecule has 0 saturated heterocycles. The lowest BCUT2D eigenvalue weighted by Crippen LogP contribution is -2.53. The Balaban J connectivity index is 1.11. The number of imide groups is 1. The molecule has 0 spiro atoms. The molecule has 3 atom stereocenters. The molecule has 0 fully saturated rings. The number of carbonyl (C=O) groups is 8. The van der Waals surface area contributed by atoms with Crippen molar-refractivity contribution in [1.82, 2.24) is 35.6 Å². The van der Waals surface area contributed by atoms with Crippen LogP contribution in [0.1, 0.15) is 88.5 Å². The van der Waals surface area contributed by atoms with Gasteiger partial charge in [0.15, 0.2) is 0 Å². The second-order valence-electron chi connectivity index (χ2n) is 23.9. The summed E-state index contributed by atoms with van der Waals surface area (Å²) < 4.78 is 59.6. The van der Waals surface area contributed by atoms with Crippen LogP contribution in [0.25, 0.3) is 11.1 Å². The summed E-state index contributed by atoms with van der Waals surface area (Å²) in [5.41, 5.74) is 2.07. The number of hydrogen-bond acceptors (Lipinski definition) is 13. The predicted molar refractivity (Wildman–Crippen MR) is 332 cm³/mol. The van der Waals surface area contributed by atoms with Crippen molar-refractivity contribution < 1.29 is 70.8 Å². The van der Waals surface area contributed by atoms with Crippen LogP contribution in [0.2, 0.25) is 25.7 Å². The van der Waals surface area contributed by atoms with Crippen LogP contribution in [-0.4, -0.2) is 168 Å². The second-order valence-corrected chi connectivity index (χ2v) is 29.6. The van der Waals surface area contributed by atoms with Gasteiger partial charge in [-0.05, 0) is 84.8 Å². The monoisotopic (exact) mass is 1240 g/mol. The summed E-state index contributed by atoms with van der Waals surface area (Å²) in [6, 6.07) is 19.2. The maximum atomic E-state index is 15.5. The van der Waals surface area contributed by atoms with Gasteiger partial charge < -0.3 is 59.7 Å². The lowest BCUT2D eigenvalue weighted by Gasteiger charge is -2.41. The van der Waals surface area contributed by atoms with Gasteiger partial charge in [-0.3, -0.25) is 38.5 Å². The summed E-state index contributed by atoms with van der Waals surface area (Å²) in [5, 5.41) is 13.7. The zero-order chi connectivity index (χ0) is 64.4. The Hall–Kier alpha value is -7.64. The van der Waals surface area contributed by atoms with E-state index in [4.69, 9.17) is 23.7 Å². The lowest BCUT2D eigenvalue weighted by molar-refractivity contribution is -0.137. The molecule has 0 aliphatic carbocycles. The van der Waals surface area contributed by atoms with E-state index in [9.17, 15) is 38.0 Å². The van der Waals surface area contributed by atoms with Gasteiger partial charge in [-0.2, -0.15) is 0 Å². The number of hydrogen-bond donors (Lipinski definition) is 5. The molecule has 1 aliphatic rings. The summed E-state index contributed by atoms with van der Waals surface area (Å²) in [6.45, 7) is 20.9. The first kappa shape index (κ1) is 71.1. The number of ether oxygens (including phenoxy) is 5. The number of anilines is 1. The molecule has 0 radical (unpaired) electrons. The normalized spacial score (nSPS) is 13.5. The second kappa shape index (κ2) is 35.4. The number of rotatable bonds is 37. The van der Waals surface area contributed by atoms with Crippen LogP contribution >= 0.6 is 0 Å². The van der Waals surface area contributed by atoms with Crippen molar-refractivity contribution in [2.45, 2.75) is 111 Å². The highest BCUT2D eigenvalue weighted by Crippen LogP contribution is 2.42. The van der Waals surface area contributed by atoms with Crippen molar-refractivity contribution in [2.75, 3.05) is 91.0 Å². The summed E-state index contributed by atoms with van der Waals surface area (Å²) >= 11 is 0. The highest BCUT2D eigenvalue weighted by molar-refractivity contribution is 6.76. The van der Waals surface area contributed by atoms with E-state index in [-0.39, 0.29) is 94.3 Å². The van der Waals surface area contributed by atoms with Gasteiger partial charge in [-0.15, -0.1) is 0 Å². The molecular formula is C64H88F2N8O13Si. The van der Waals surface area contributed by atoms with Crippen molar-refractivity contribution in [2.24, 2.45) is 11.3 Å². The first-order chi connectivity index (χ1) is 41.8. The number of nitrogens with one attached hydrogen (secondary N) is 5. The third kappa shape index (κ3) is 24.1. The van der Waals surface area contributed by atoms with Gasteiger partial charge in [-0.1, -0.05) is 84.6 Å². The van der Waals surface area contributed by atoms with E-state index >= 15 is 9.18 Å². The maximum Gasteiger partial charge on any atom is 0.407 e. The SMILES string of the molecule is CC(C)[C@H](NC(=O)CCOCCOCCOCCOCCNC(=O)CCN1C(=O)C=CC1=O)C(=O)N[C@@H](C)C(=O)Nc1ccc(C(=O)N(CCCNC(=O)OCC[Si](C)(C)C)[C@@H](c2cc(-c3cc(F)ccc3F)cn2Cc2ccccc2)C(C)(C)C)cc1. The molecule has 0 unspecified atom stereocenters. The largest absolute Gasteiger partial charge is 0.450 e. The average molecular weight is 1240 g/mol. The number of benzene rings is 3. The summed E-state index contributed by atoms with van der Waals surface area (Å²) in [7, 11) is -1.45. The van der Waals surface area contributed by atoms with Gasteiger partial charge in [0.2, 0.25) is 23.6 Å². The van der Waals surface area contributed by atoms with Gasteiger partial charge in [-0.25, -0.2) is 13.6 Å².